The summed E-state index contributed by atoms with van der Waals surface area (Å²) in [5.41, 5.74) is 0. The van der Waals surface area contributed by atoms with Crippen LogP contribution in [0.25, 0.3) is 0 Å². The quantitative estimate of drug-likeness (QED) is 0.867. The molecule has 2 rings (SSSR count). The SMILES string of the molecule is O=C(O)c1ccc(CN2CCCS(=O)(=O)CC2)o1. The first-order chi connectivity index (χ1) is 8.46. The highest BCUT2D eigenvalue weighted by atomic mass is 32.2. The van der Waals surface area contributed by atoms with Crippen molar-refractivity contribution >= 4 is 15.8 Å². The summed E-state index contributed by atoms with van der Waals surface area (Å²) in [6.07, 6.45) is 0.606. The third kappa shape index (κ3) is 3.33. The molecule has 0 bridgehead atoms. The predicted molar refractivity (Wildman–Crippen MR) is 64.2 cm³/mol. The average molecular weight is 273 g/mol. The molecule has 1 saturated heterocycles. The summed E-state index contributed by atoms with van der Waals surface area (Å²) < 4.78 is 28.0. The zero-order chi connectivity index (χ0) is 13.2. The van der Waals surface area contributed by atoms with Crippen LogP contribution in [0.15, 0.2) is 16.5 Å². The third-order valence-electron chi connectivity index (χ3n) is 2.90. The molecule has 1 aromatic rings. The van der Waals surface area contributed by atoms with E-state index in [2.05, 4.69) is 0 Å². The maximum absolute atomic E-state index is 11.4. The van der Waals surface area contributed by atoms with Gasteiger partial charge in [0.25, 0.3) is 0 Å². The summed E-state index contributed by atoms with van der Waals surface area (Å²) in [7, 11) is -2.92. The molecule has 0 aliphatic carbocycles. The zero-order valence-corrected chi connectivity index (χ0v) is 10.6. The fourth-order valence-electron chi connectivity index (χ4n) is 1.95. The van der Waals surface area contributed by atoms with Crippen molar-refractivity contribution in [1.29, 1.82) is 0 Å². The van der Waals surface area contributed by atoms with Gasteiger partial charge in [0.2, 0.25) is 5.76 Å². The molecule has 0 unspecified atom stereocenters. The van der Waals surface area contributed by atoms with E-state index in [9.17, 15) is 13.2 Å². The minimum Gasteiger partial charge on any atom is -0.475 e. The number of sulfone groups is 1. The van der Waals surface area contributed by atoms with Crippen molar-refractivity contribution in [2.24, 2.45) is 0 Å². The summed E-state index contributed by atoms with van der Waals surface area (Å²) in [6.45, 7) is 1.59. The largest absolute Gasteiger partial charge is 0.475 e. The van der Waals surface area contributed by atoms with E-state index in [1.807, 2.05) is 4.90 Å². The minimum atomic E-state index is -2.92. The van der Waals surface area contributed by atoms with Crippen LogP contribution in [0, 0.1) is 0 Å². The van der Waals surface area contributed by atoms with Crippen molar-refractivity contribution in [3.05, 3.63) is 23.7 Å². The van der Waals surface area contributed by atoms with Crippen molar-refractivity contribution in [2.45, 2.75) is 13.0 Å². The highest BCUT2D eigenvalue weighted by Crippen LogP contribution is 2.13. The first kappa shape index (κ1) is 13.1. The highest BCUT2D eigenvalue weighted by molar-refractivity contribution is 7.91. The highest BCUT2D eigenvalue weighted by Gasteiger charge is 2.20. The summed E-state index contributed by atoms with van der Waals surface area (Å²) in [6, 6.07) is 3.02. The molecule has 0 radical (unpaired) electrons. The van der Waals surface area contributed by atoms with Gasteiger partial charge in [0, 0.05) is 6.54 Å². The van der Waals surface area contributed by atoms with Crippen LogP contribution in [0.4, 0.5) is 0 Å². The van der Waals surface area contributed by atoms with Crippen LogP contribution in [0.1, 0.15) is 22.7 Å². The van der Waals surface area contributed by atoms with Crippen LogP contribution in [-0.2, 0) is 16.4 Å². The monoisotopic (exact) mass is 273 g/mol. The van der Waals surface area contributed by atoms with Gasteiger partial charge in [-0.1, -0.05) is 0 Å². The van der Waals surface area contributed by atoms with Gasteiger partial charge in [0.1, 0.15) is 5.76 Å². The molecule has 1 aliphatic heterocycles. The molecule has 18 heavy (non-hydrogen) atoms. The van der Waals surface area contributed by atoms with E-state index < -0.39 is 15.8 Å². The molecule has 0 atom stereocenters. The lowest BCUT2D eigenvalue weighted by molar-refractivity contribution is 0.0658. The molecule has 1 N–H and O–H groups in total. The first-order valence-corrected chi connectivity index (χ1v) is 7.53. The molecule has 6 nitrogen and oxygen atoms in total. The number of carbonyl (C=O) groups is 1. The molecule has 1 aliphatic rings. The van der Waals surface area contributed by atoms with Crippen molar-refractivity contribution in [1.82, 2.24) is 4.90 Å². The number of hydrogen-bond donors (Lipinski definition) is 1. The second-order valence-electron chi connectivity index (χ2n) is 4.35. The molecule has 0 saturated carbocycles. The molecule has 1 fully saturated rings. The van der Waals surface area contributed by atoms with Crippen molar-refractivity contribution in [3.8, 4) is 0 Å². The van der Waals surface area contributed by atoms with E-state index in [-0.39, 0.29) is 17.3 Å². The fourth-order valence-corrected chi connectivity index (χ4v) is 3.26. The Morgan fingerprint density at radius 3 is 2.78 bits per heavy atom. The van der Waals surface area contributed by atoms with Gasteiger partial charge in [-0.05, 0) is 25.1 Å². The lowest BCUT2D eigenvalue weighted by Gasteiger charge is -2.17. The van der Waals surface area contributed by atoms with Crippen LogP contribution in [-0.4, -0.2) is 49.0 Å². The molecular formula is C11H15NO5S. The summed E-state index contributed by atoms with van der Waals surface area (Å²) in [5, 5.41) is 8.73. The number of hydrogen-bond acceptors (Lipinski definition) is 5. The Hall–Kier alpha value is -1.34. The van der Waals surface area contributed by atoms with Gasteiger partial charge in [-0.2, -0.15) is 0 Å². The first-order valence-electron chi connectivity index (χ1n) is 5.71. The van der Waals surface area contributed by atoms with Crippen molar-refractivity contribution in [2.75, 3.05) is 24.6 Å². The van der Waals surface area contributed by atoms with Crippen molar-refractivity contribution in [3.63, 3.8) is 0 Å². The normalized spacial score (nSPS) is 20.4. The van der Waals surface area contributed by atoms with Gasteiger partial charge in [-0.15, -0.1) is 0 Å². The van der Waals surface area contributed by atoms with Crippen molar-refractivity contribution < 1.29 is 22.7 Å². The number of nitrogens with zero attached hydrogens (tertiary/aromatic N) is 1. The molecule has 100 valence electrons. The Bertz CT molecular complexity index is 533. The van der Waals surface area contributed by atoms with Gasteiger partial charge >= 0.3 is 5.97 Å². The second kappa shape index (κ2) is 5.11. The van der Waals surface area contributed by atoms with Crippen LogP contribution in [0.3, 0.4) is 0 Å². The Morgan fingerprint density at radius 1 is 1.33 bits per heavy atom. The number of furan rings is 1. The van der Waals surface area contributed by atoms with E-state index in [1.54, 1.807) is 6.07 Å². The summed E-state index contributed by atoms with van der Waals surface area (Å²) >= 11 is 0. The molecule has 7 heteroatoms. The van der Waals surface area contributed by atoms with Gasteiger partial charge in [-0.25, -0.2) is 13.2 Å². The summed E-state index contributed by atoms with van der Waals surface area (Å²) in [5.74, 6) is -0.263. The molecule has 0 aromatic carbocycles. The molecule has 2 heterocycles. The number of aromatic carboxylic acids is 1. The van der Waals surface area contributed by atoms with E-state index >= 15 is 0 Å². The standard InChI is InChI=1S/C11H15NO5S/c13-11(14)10-3-2-9(17-10)8-12-4-1-6-18(15,16)7-5-12/h2-3H,1,4-8H2,(H,13,14). The smallest absolute Gasteiger partial charge is 0.371 e. The lowest BCUT2D eigenvalue weighted by Crippen LogP contribution is -2.26. The molecule has 0 spiro atoms. The minimum absolute atomic E-state index is 0.0903. The second-order valence-corrected chi connectivity index (χ2v) is 6.66. The maximum Gasteiger partial charge on any atom is 0.371 e. The van der Waals surface area contributed by atoms with Gasteiger partial charge in [-0.3, -0.25) is 4.90 Å². The fraction of sp³-hybridized carbons (Fsp3) is 0.545. The maximum atomic E-state index is 11.4. The number of carboxylic acids is 1. The summed E-state index contributed by atoms with van der Waals surface area (Å²) in [4.78, 5) is 12.6. The molecular weight excluding hydrogens is 258 g/mol. The van der Waals surface area contributed by atoms with Crippen LogP contribution in [0.2, 0.25) is 0 Å². The van der Waals surface area contributed by atoms with Crippen LogP contribution in [0.5, 0.6) is 0 Å². The van der Waals surface area contributed by atoms with Gasteiger partial charge in [0.05, 0.1) is 18.1 Å². The van der Waals surface area contributed by atoms with Gasteiger partial charge < -0.3 is 9.52 Å². The molecule has 1 aromatic heterocycles. The van der Waals surface area contributed by atoms with E-state index in [0.29, 0.717) is 31.8 Å². The Balaban J connectivity index is 1.98. The predicted octanol–water partition coefficient (Wildman–Crippen LogP) is 0.598. The van der Waals surface area contributed by atoms with Crippen LogP contribution >= 0.6 is 0 Å². The zero-order valence-electron chi connectivity index (χ0n) is 9.83. The third-order valence-corrected chi connectivity index (χ3v) is 4.62. The number of rotatable bonds is 3. The van der Waals surface area contributed by atoms with E-state index in [0.717, 1.165) is 0 Å². The Morgan fingerprint density at radius 2 is 2.11 bits per heavy atom. The van der Waals surface area contributed by atoms with E-state index in [4.69, 9.17) is 9.52 Å². The lowest BCUT2D eigenvalue weighted by atomic mass is 10.3. The Kier molecular flexibility index (Phi) is 3.72. The molecule has 0 amide bonds. The number of carboxylic acid groups (broad SMARTS) is 1. The van der Waals surface area contributed by atoms with Crippen LogP contribution < -0.4 is 0 Å². The van der Waals surface area contributed by atoms with Gasteiger partial charge in [0.15, 0.2) is 9.84 Å². The van der Waals surface area contributed by atoms with E-state index in [1.165, 1.54) is 6.07 Å². The average Bonchev–Trinajstić information content (AvgIpc) is 2.67. The Labute approximate surface area is 105 Å². The topological polar surface area (TPSA) is 87.8 Å².